The highest BCUT2D eigenvalue weighted by Gasteiger charge is 2.55. The average molecular weight is 457 g/mol. The van der Waals surface area contributed by atoms with Crippen LogP contribution in [0.4, 0.5) is 0 Å². The van der Waals surface area contributed by atoms with Crippen LogP contribution in [0.2, 0.25) is 0 Å². The molecule has 5 heteroatoms. The van der Waals surface area contributed by atoms with E-state index < -0.39 is 0 Å². The minimum absolute atomic E-state index is 0. The Morgan fingerprint density at radius 1 is 1.38 bits per heavy atom. The molecule has 3 aliphatic rings. The molecule has 132 valence electrons. The van der Waals surface area contributed by atoms with Crippen molar-refractivity contribution in [3.8, 4) is 0 Å². The number of hydrogen-bond donors (Lipinski definition) is 1. The number of fused-ring (bicyclic) bond motifs is 3. The molecule has 1 saturated carbocycles. The zero-order valence-corrected chi connectivity index (χ0v) is 17.7. The van der Waals surface area contributed by atoms with E-state index in [0.717, 1.165) is 48.6 Å². The van der Waals surface area contributed by atoms with Crippen LogP contribution in [0.15, 0.2) is 29.3 Å². The standard InChI is InChI=1S/C19H27N3S.HI/c1-3-14-12-22(8-9-23-14)19(20-2)21-11-17-16-10-13-6-4-5-7-15(13)18(16)17;/h4-7,14,16-18H,3,8-12H2,1-2H3,(H,20,21);1H. The van der Waals surface area contributed by atoms with E-state index in [4.69, 9.17) is 0 Å². The topological polar surface area (TPSA) is 27.6 Å². The fourth-order valence-corrected chi connectivity index (χ4v) is 5.64. The molecule has 24 heavy (non-hydrogen) atoms. The van der Waals surface area contributed by atoms with Gasteiger partial charge in [0.1, 0.15) is 0 Å². The molecule has 0 radical (unpaired) electrons. The lowest BCUT2D eigenvalue weighted by Crippen LogP contribution is -2.48. The third-order valence-corrected chi connectivity index (χ3v) is 7.17. The molecule has 0 amide bonds. The van der Waals surface area contributed by atoms with Gasteiger partial charge in [-0.1, -0.05) is 31.2 Å². The van der Waals surface area contributed by atoms with Gasteiger partial charge in [0.15, 0.2) is 5.96 Å². The van der Waals surface area contributed by atoms with Gasteiger partial charge in [-0.2, -0.15) is 11.8 Å². The zero-order chi connectivity index (χ0) is 15.8. The number of halogens is 1. The van der Waals surface area contributed by atoms with Crippen molar-refractivity contribution < 1.29 is 0 Å². The van der Waals surface area contributed by atoms with E-state index >= 15 is 0 Å². The Morgan fingerprint density at radius 2 is 2.21 bits per heavy atom. The van der Waals surface area contributed by atoms with E-state index in [0.29, 0.717) is 0 Å². The lowest BCUT2D eigenvalue weighted by atomic mass is 10.0. The van der Waals surface area contributed by atoms with Crippen LogP contribution >= 0.6 is 35.7 Å². The van der Waals surface area contributed by atoms with E-state index in [9.17, 15) is 0 Å². The lowest BCUT2D eigenvalue weighted by molar-refractivity contribution is 0.406. The summed E-state index contributed by atoms with van der Waals surface area (Å²) in [6.45, 7) is 5.64. The Hall–Kier alpha value is -0.430. The number of guanidine groups is 1. The van der Waals surface area contributed by atoms with Gasteiger partial charge in [-0.15, -0.1) is 24.0 Å². The number of aliphatic imine (C=N–C) groups is 1. The summed E-state index contributed by atoms with van der Waals surface area (Å²) in [4.78, 5) is 7.00. The molecule has 0 bridgehead atoms. The minimum Gasteiger partial charge on any atom is -0.356 e. The van der Waals surface area contributed by atoms with Crippen LogP contribution < -0.4 is 5.32 Å². The number of nitrogens with zero attached hydrogens (tertiary/aromatic N) is 2. The van der Waals surface area contributed by atoms with Crippen LogP contribution in [0.1, 0.15) is 30.4 Å². The Kier molecular flexibility index (Phi) is 6.01. The van der Waals surface area contributed by atoms with Gasteiger partial charge < -0.3 is 10.2 Å². The van der Waals surface area contributed by atoms with Gasteiger partial charge in [0, 0.05) is 37.7 Å². The van der Waals surface area contributed by atoms with Gasteiger partial charge in [0.2, 0.25) is 0 Å². The van der Waals surface area contributed by atoms with Gasteiger partial charge in [-0.05, 0) is 41.7 Å². The van der Waals surface area contributed by atoms with E-state index in [1.165, 1.54) is 18.6 Å². The molecule has 1 aromatic rings. The summed E-state index contributed by atoms with van der Waals surface area (Å²) in [6, 6.07) is 9.01. The van der Waals surface area contributed by atoms with Crippen LogP contribution in [0, 0.1) is 11.8 Å². The predicted octanol–water partition coefficient (Wildman–Crippen LogP) is 3.59. The normalized spacial score (nSPS) is 31.1. The Balaban J connectivity index is 0.00000169. The fraction of sp³-hybridized carbons (Fsp3) is 0.632. The maximum absolute atomic E-state index is 4.54. The monoisotopic (exact) mass is 457 g/mol. The minimum atomic E-state index is 0. The van der Waals surface area contributed by atoms with Gasteiger partial charge >= 0.3 is 0 Å². The third-order valence-electron chi connectivity index (χ3n) is 5.80. The summed E-state index contributed by atoms with van der Waals surface area (Å²) in [5.74, 6) is 4.82. The maximum Gasteiger partial charge on any atom is 0.193 e. The van der Waals surface area contributed by atoms with Gasteiger partial charge in [0.05, 0.1) is 0 Å². The van der Waals surface area contributed by atoms with Crippen LogP contribution in [0.25, 0.3) is 0 Å². The van der Waals surface area contributed by atoms with Crippen LogP contribution in [-0.4, -0.2) is 48.5 Å². The molecule has 1 aliphatic heterocycles. The van der Waals surface area contributed by atoms with Crippen molar-refractivity contribution in [3.63, 3.8) is 0 Å². The molecule has 4 atom stereocenters. The number of rotatable bonds is 3. The van der Waals surface area contributed by atoms with Crippen molar-refractivity contribution >= 4 is 41.7 Å². The Labute approximate surface area is 167 Å². The number of hydrogen-bond acceptors (Lipinski definition) is 2. The molecule has 2 fully saturated rings. The molecule has 0 aromatic heterocycles. The van der Waals surface area contributed by atoms with Crippen molar-refractivity contribution in [2.45, 2.75) is 30.9 Å². The highest BCUT2D eigenvalue weighted by molar-refractivity contribution is 14.0. The number of benzene rings is 1. The van der Waals surface area contributed by atoms with Crippen LogP contribution in [-0.2, 0) is 6.42 Å². The molecular formula is C19H28IN3S. The summed E-state index contributed by atoms with van der Waals surface area (Å²) in [6.07, 6.45) is 2.53. The third kappa shape index (κ3) is 3.43. The van der Waals surface area contributed by atoms with E-state index in [2.05, 4.69) is 58.2 Å². The average Bonchev–Trinajstić information content (AvgIpc) is 3.13. The predicted molar refractivity (Wildman–Crippen MR) is 115 cm³/mol. The molecule has 0 spiro atoms. The Bertz CT molecular complexity index is 606. The van der Waals surface area contributed by atoms with Crippen molar-refractivity contribution in [3.05, 3.63) is 35.4 Å². The van der Waals surface area contributed by atoms with E-state index in [-0.39, 0.29) is 24.0 Å². The number of thioether (sulfide) groups is 1. The van der Waals surface area contributed by atoms with Crippen molar-refractivity contribution in [1.29, 1.82) is 0 Å². The summed E-state index contributed by atoms with van der Waals surface area (Å²) in [7, 11) is 1.92. The first-order valence-electron chi connectivity index (χ1n) is 8.96. The maximum atomic E-state index is 4.54. The smallest absolute Gasteiger partial charge is 0.193 e. The number of nitrogens with one attached hydrogen (secondary N) is 1. The molecule has 1 aromatic carbocycles. The highest BCUT2D eigenvalue weighted by atomic mass is 127. The van der Waals surface area contributed by atoms with E-state index in [1.807, 2.05) is 7.05 Å². The molecule has 3 nitrogen and oxygen atoms in total. The molecule has 1 heterocycles. The van der Waals surface area contributed by atoms with Gasteiger partial charge in [0.25, 0.3) is 0 Å². The summed E-state index contributed by atoms with van der Waals surface area (Å²) in [5.41, 5.74) is 3.20. The Morgan fingerprint density at radius 3 is 3.00 bits per heavy atom. The molecular weight excluding hydrogens is 429 g/mol. The molecule has 1 N–H and O–H groups in total. The van der Waals surface area contributed by atoms with Crippen molar-refractivity contribution in [1.82, 2.24) is 10.2 Å². The second-order valence-electron chi connectivity index (χ2n) is 7.03. The van der Waals surface area contributed by atoms with Crippen LogP contribution in [0.3, 0.4) is 0 Å². The van der Waals surface area contributed by atoms with Crippen molar-refractivity contribution in [2.75, 3.05) is 32.4 Å². The molecule has 1 saturated heterocycles. The highest BCUT2D eigenvalue weighted by Crippen LogP contribution is 2.60. The first-order valence-corrected chi connectivity index (χ1v) is 10.0. The second-order valence-corrected chi connectivity index (χ2v) is 8.44. The fourth-order valence-electron chi connectivity index (χ4n) is 4.46. The first-order chi connectivity index (χ1) is 11.3. The molecule has 4 unspecified atom stereocenters. The molecule has 4 rings (SSSR count). The quantitative estimate of drug-likeness (QED) is 0.427. The summed E-state index contributed by atoms with van der Waals surface area (Å²) >= 11 is 2.11. The summed E-state index contributed by atoms with van der Waals surface area (Å²) in [5, 5.41) is 4.43. The second kappa shape index (κ2) is 7.85. The lowest BCUT2D eigenvalue weighted by Gasteiger charge is -2.34. The van der Waals surface area contributed by atoms with Crippen LogP contribution in [0.5, 0.6) is 0 Å². The zero-order valence-electron chi connectivity index (χ0n) is 14.6. The summed E-state index contributed by atoms with van der Waals surface area (Å²) < 4.78 is 0. The van der Waals surface area contributed by atoms with Gasteiger partial charge in [-0.3, -0.25) is 4.99 Å². The SMILES string of the molecule is CCC1CN(C(=NC)NCC2C3Cc4ccccc4C23)CCS1.I. The van der Waals surface area contributed by atoms with E-state index in [1.54, 1.807) is 11.1 Å². The van der Waals surface area contributed by atoms with Gasteiger partial charge in [-0.25, -0.2) is 0 Å². The van der Waals surface area contributed by atoms with Crippen molar-refractivity contribution in [2.24, 2.45) is 16.8 Å². The molecule has 2 aliphatic carbocycles. The largest absolute Gasteiger partial charge is 0.356 e. The first kappa shape index (κ1) is 18.4.